The van der Waals surface area contributed by atoms with Crippen LogP contribution in [0.5, 0.6) is 0 Å². The highest BCUT2D eigenvalue weighted by atomic mass is 16.5. The lowest BCUT2D eigenvalue weighted by molar-refractivity contribution is -0.150. The van der Waals surface area contributed by atoms with E-state index in [1.807, 2.05) is 0 Å². The van der Waals surface area contributed by atoms with Crippen LogP contribution in [0.4, 0.5) is 0 Å². The number of carbonyl (C=O) groups excluding carboxylic acids is 3. The van der Waals surface area contributed by atoms with E-state index >= 15 is 0 Å². The first-order valence-corrected chi connectivity index (χ1v) is 19.9. The number of rotatable bonds is 35. The molecule has 2 atom stereocenters. The number of carboxylic acids is 1. The highest BCUT2D eigenvalue weighted by molar-refractivity contribution is 5.87. The minimum atomic E-state index is -1.39. The molecule has 0 aromatic rings. The Morgan fingerprint density at radius 2 is 1.08 bits per heavy atom. The summed E-state index contributed by atoms with van der Waals surface area (Å²) in [7, 11) is 0. The quantitative estimate of drug-likeness (QED) is 0.0293. The Balaban J connectivity index is 3.94. The van der Waals surface area contributed by atoms with E-state index in [2.05, 4.69) is 60.9 Å². The van der Waals surface area contributed by atoms with Crippen LogP contribution in [0.2, 0.25) is 0 Å². The molecule has 288 valence electrons. The summed E-state index contributed by atoms with van der Waals surface area (Å²) in [5.74, 6) is -2.41. The summed E-state index contributed by atoms with van der Waals surface area (Å²) in [6, 6.07) is -1.39. The molecule has 0 aliphatic carbocycles. The summed E-state index contributed by atoms with van der Waals surface area (Å²) >= 11 is 0. The van der Waals surface area contributed by atoms with Crippen LogP contribution in [-0.2, 0) is 23.9 Å². The normalized spacial score (nSPS) is 12.9. The van der Waals surface area contributed by atoms with Gasteiger partial charge in [-0.25, -0.2) is 4.79 Å². The molecule has 0 saturated heterocycles. The Kier molecular flexibility index (Phi) is 33.8. The van der Waals surface area contributed by atoms with Gasteiger partial charge in [-0.15, -0.1) is 0 Å². The van der Waals surface area contributed by atoms with Gasteiger partial charge < -0.3 is 25.6 Å². The Bertz CT molecular complexity index is 947. The molecule has 0 aromatic heterocycles. The van der Waals surface area contributed by atoms with Crippen LogP contribution < -0.4 is 10.6 Å². The molecule has 9 nitrogen and oxygen atoms in total. The summed E-state index contributed by atoms with van der Waals surface area (Å²) in [5.41, 5.74) is 0. The van der Waals surface area contributed by atoms with Crippen molar-refractivity contribution in [2.45, 2.75) is 187 Å². The van der Waals surface area contributed by atoms with Crippen molar-refractivity contribution in [2.24, 2.45) is 0 Å². The van der Waals surface area contributed by atoms with Crippen molar-refractivity contribution in [3.63, 3.8) is 0 Å². The number of unbranched alkanes of at least 4 members (excludes halogenated alkanes) is 15. The molecule has 2 amide bonds. The molecule has 0 saturated carbocycles. The van der Waals surface area contributed by atoms with E-state index in [0.29, 0.717) is 12.8 Å². The van der Waals surface area contributed by atoms with Crippen LogP contribution in [0.3, 0.4) is 0 Å². The SMILES string of the molecule is CCCCCCC/C=C\C/C=C\C/C=C\CCCCCCCCC(=O)OC(CCCCC)CCCCCC(=O)NCC(=O)NC(CO)C(=O)O. The second kappa shape index (κ2) is 35.9. The lowest BCUT2D eigenvalue weighted by Gasteiger charge is -2.18. The Labute approximate surface area is 304 Å². The predicted molar refractivity (Wildman–Crippen MR) is 204 cm³/mol. The van der Waals surface area contributed by atoms with Crippen molar-refractivity contribution >= 4 is 23.8 Å². The number of ether oxygens (including phenoxy) is 1. The van der Waals surface area contributed by atoms with Gasteiger partial charge in [-0.3, -0.25) is 14.4 Å². The van der Waals surface area contributed by atoms with Crippen LogP contribution in [-0.4, -0.2) is 59.3 Å². The summed E-state index contributed by atoms with van der Waals surface area (Å²) in [5, 5.41) is 22.4. The number of aliphatic carboxylic acids is 1. The molecule has 2 unspecified atom stereocenters. The van der Waals surface area contributed by atoms with Crippen molar-refractivity contribution in [1.82, 2.24) is 10.6 Å². The third kappa shape index (κ3) is 32.3. The topological polar surface area (TPSA) is 142 Å². The zero-order chi connectivity index (χ0) is 36.9. The van der Waals surface area contributed by atoms with Gasteiger partial charge in [-0.05, 0) is 77.0 Å². The lowest BCUT2D eigenvalue weighted by atomic mass is 10.0. The number of nitrogens with one attached hydrogen (secondary N) is 2. The van der Waals surface area contributed by atoms with Crippen molar-refractivity contribution in [2.75, 3.05) is 13.2 Å². The van der Waals surface area contributed by atoms with Crippen LogP contribution in [0.1, 0.15) is 174 Å². The third-order valence-electron chi connectivity index (χ3n) is 8.64. The van der Waals surface area contributed by atoms with Gasteiger partial charge >= 0.3 is 11.9 Å². The second-order valence-electron chi connectivity index (χ2n) is 13.4. The van der Waals surface area contributed by atoms with Gasteiger partial charge in [0.05, 0.1) is 13.2 Å². The van der Waals surface area contributed by atoms with E-state index in [1.54, 1.807) is 0 Å². The fourth-order valence-corrected chi connectivity index (χ4v) is 5.54. The highest BCUT2D eigenvalue weighted by Gasteiger charge is 2.19. The van der Waals surface area contributed by atoms with Crippen molar-refractivity contribution in [3.8, 4) is 0 Å². The fraction of sp³-hybridized carbons (Fsp3) is 0.756. The number of esters is 1. The van der Waals surface area contributed by atoms with Gasteiger partial charge in [0.25, 0.3) is 0 Å². The molecule has 0 aliphatic rings. The molecule has 9 heteroatoms. The molecule has 0 radical (unpaired) electrons. The zero-order valence-corrected chi connectivity index (χ0v) is 31.6. The van der Waals surface area contributed by atoms with E-state index in [1.165, 1.54) is 57.8 Å². The molecule has 4 N–H and O–H groups in total. The number of amides is 2. The third-order valence-corrected chi connectivity index (χ3v) is 8.64. The molecular formula is C41H72N2O7. The van der Waals surface area contributed by atoms with Crippen LogP contribution in [0.25, 0.3) is 0 Å². The first-order valence-electron chi connectivity index (χ1n) is 19.9. The molecule has 0 aliphatic heterocycles. The predicted octanol–water partition coefficient (Wildman–Crippen LogP) is 9.04. The number of aliphatic hydroxyl groups excluding tert-OH is 1. The summed E-state index contributed by atoms with van der Waals surface area (Å²) in [4.78, 5) is 47.2. The molecule has 0 aromatic carbocycles. The fourth-order valence-electron chi connectivity index (χ4n) is 5.54. The maximum Gasteiger partial charge on any atom is 0.328 e. The summed E-state index contributed by atoms with van der Waals surface area (Å²) in [6.45, 7) is 3.34. The maximum atomic E-state index is 12.5. The number of aliphatic hydroxyl groups is 1. The first-order chi connectivity index (χ1) is 24.3. The standard InChI is InChI=1S/C41H72N2O7/c1-3-5-7-8-9-10-11-12-13-14-15-16-17-18-19-20-21-22-23-24-29-33-40(47)50-36(30-26-6-4-2)31-27-25-28-32-38(45)42-34-39(46)43-37(35-44)41(48)49/h11-12,14-15,17-18,36-37,44H,3-10,13,16,19-35H2,1-2H3,(H,42,45)(H,43,46)(H,48,49)/b12-11-,15-14-,18-17-. The van der Waals surface area contributed by atoms with Crippen LogP contribution >= 0.6 is 0 Å². The summed E-state index contributed by atoms with van der Waals surface area (Å²) in [6.07, 6.45) is 39.3. The number of carboxylic acid groups (broad SMARTS) is 1. The van der Waals surface area contributed by atoms with E-state index in [-0.39, 0.29) is 30.9 Å². The van der Waals surface area contributed by atoms with E-state index < -0.39 is 24.5 Å². The summed E-state index contributed by atoms with van der Waals surface area (Å²) < 4.78 is 5.85. The Hall–Kier alpha value is -2.94. The van der Waals surface area contributed by atoms with E-state index in [0.717, 1.165) is 83.5 Å². The molecule has 0 fully saturated rings. The smallest absolute Gasteiger partial charge is 0.328 e. The molecule has 0 rings (SSSR count). The number of hydrogen-bond donors (Lipinski definition) is 4. The molecular weight excluding hydrogens is 632 g/mol. The largest absolute Gasteiger partial charge is 0.480 e. The maximum absolute atomic E-state index is 12.5. The molecule has 0 spiro atoms. The first kappa shape index (κ1) is 47.1. The minimum absolute atomic E-state index is 0.0874. The van der Waals surface area contributed by atoms with Crippen molar-refractivity contribution in [3.05, 3.63) is 36.5 Å². The number of allylic oxidation sites excluding steroid dienone is 6. The van der Waals surface area contributed by atoms with Crippen LogP contribution in [0, 0.1) is 0 Å². The van der Waals surface area contributed by atoms with Gasteiger partial charge in [0.15, 0.2) is 0 Å². The molecule has 0 bridgehead atoms. The molecule has 0 heterocycles. The van der Waals surface area contributed by atoms with Gasteiger partial charge in [0.2, 0.25) is 11.8 Å². The van der Waals surface area contributed by atoms with Crippen molar-refractivity contribution in [1.29, 1.82) is 0 Å². The van der Waals surface area contributed by atoms with Gasteiger partial charge in [-0.2, -0.15) is 0 Å². The van der Waals surface area contributed by atoms with Gasteiger partial charge in [0.1, 0.15) is 12.1 Å². The lowest BCUT2D eigenvalue weighted by Crippen LogP contribution is -2.47. The highest BCUT2D eigenvalue weighted by Crippen LogP contribution is 2.17. The van der Waals surface area contributed by atoms with Gasteiger partial charge in [0, 0.05) is 12.8 Å². The van der Waals surface area contributed by atoms with Gasteiger partial charge in [-0.1, -0.05) is 121 Å². The monoisotopic (exact) mass is 705 g/mol. The van der Waals surface area contributed by atoms with E-state index in [4.69, 9.17) is 14.9 Å². The molecule has 50 heavy (non-hydrogen) atoms. The number of carbonyl (C=O) groups is 4. The number of hydrogen-bond acceptors (Lipinski definition) is 6. The Morgan fingerprint density at radius 3 is 1.66 bits per heavy atom. The van der Waals surface area contributed by atoms with Crippen LogP contribution in [0.15, 0.2) is 36.5 Å². The average molecular weight is 705 g/mol. The van der Waals surface area contributed by atoms with E-state index in [9.17, 15) is 19.2 Å². The average Bonchev–Trinajstić information content (AvgIpc) is 3.10. The minimum Gasteiger partial charge on any atom is -0.480 e. The zero-order valence-electron chi connectivity index (χ0n) is 31.6. The Morgan fingerprint density at radius 1 is 0.600 bits per heavy atom. The van der Waals surface area contributed by atoms with Crippen molar-refractivity contribution < 1.29 is 34.1 Å². The second-order valence-corrected chi connectivity index (χ2v) is 13.4.